The molecule has 1 aromatic carbocycles. The first-order chi connectivity index (χ1) is 6.23. The van der Waals surface area contributed by atoms with Gasteiger partial charge in [0.15, 0.2) is 0 Å². The van der Waals surface area contributed by atoms with E-state index in [1.165, 1.54) is 0 Å². The Balaban J connectivity index is 2.95. The van der Waals surface area contributed by atoms with E-state index < -0.39 is 12.4 Å². The number of aliphatic hydroxyl groups is 2. The maximum absolute atomic E-state index is 10.1. The molecule has 0 amide bonds. The van der Waals surface area contributed by atoms with Crippen LogP contribution in [0.2, 0.25) is 0 Å². The SMILES string of the molecule is O=COC(O)(CO)c1ccccc1. The molecule has 1 unspecified atom stereocenters. The lowest BCUT2D eigenvalue weighted by atomic mass is 10.1. The number of aliphatic hydroxyl groups excluding tert-OH is 1. The van der Waals surface area contributed by atoms with Crippen molar-refractivity contribution in [1.82, 2.24) is 0 Å². The Morgan fingerprint density at radius 2 is 2.00 bits per heavy atom. The Morgan fingerprint density at radius 1 is 1.38 bits per heavy atom. The summed E-state index contributed by atoms with van der Waals surface area (Å²) >= 11 is 0. The molecule has 0 aromatic heterocycles. The second kappa shape index (κ2) is 4.02. The van der Waals surface area contributed by atoms with Gasteiger partial charge in [0.05, 0.1) is 0 Å². The molecule has 13 heavy (non-hydrogen) atoms. The highest BCUT2D eigenvalue weighted by molar-refractivity contribution is 5.39. The standard InChI is InChI=1S/C9H10O4/c10-6-9(12,13-7-11)8-4-2-1-3-5-8/h1-5,7,10,12H,6H2. The summed E-state index contributed by atoms with van der Waals surface area (Å²) in [5, 5.41) is 18.4. The molecule has 0 saturated heterocycles. The summed E-state index contributed by atoms with van der Waals surface area (Å²) in [6, 6.07) is 8.20. The molecule has 0 radical (unpaired) electrons. The second-order valence-electron chi connectivity index (χ2n) is 2.52. The summed E-state index contributed by atoms with van der Waals surface area (Å²) in [5.41, 5.74) is 0.338. The molecule has 0 fully saturated rings. The Hall–Kier alpha value is -1.39. The van der Waals surface area contributed by atoms with Crippen LogP contribution in [0.25, 0.3) is 0 Å². The van der Waals surface area contributed by atoms with Crippen LogP contribution in [0.15, 0.2) is 30.3 Å². The highest BCUT2D eigenvalue weighted by Crippen LogP contribution is 2.20. The zero-order valence-electron chi connectivity index (χ0n) is 6.88. The third-order valence-corrected chi connectivity index (χ3v) is 1.68. The summed E-state index contributed by atoms with van der Waals surface area (Å²) in [4.78, 5) is 10.1. The molecule has 2 N–H and O–H groups in total. The summed E-state index contributed by atoms with van der Waals surface area (Å²) < 4.78 is 4.39. The lowest BCUT2D eigenvalue weighted by Gasteiger charge is -2.23. The van der Waals surface area contributed by atoms with Crippen molar-refractivity contribution < 1.29 is 19.7 Å². The molecular weight excluding hydrogens is 172 g/mol. The van der Waals surface area contributed by atoms with Crippen molar-refractivity contribution >= 4 is 6.47 Å². The number of rotatable bonds is 4. The molecule has 0 heterocycles. The van der Waals surface area contributed by atoms with E-state index in [4.69, 9.17) is 5.11 Å². The third-order valence-electron chi connectivity index (χ3n) is 1.68. The molecule has 70 valence electrons. The van der Waals surface area contributed by atoms with E-state index in [-0.39, 0.29) is 6.47 Å². The normalized spacial score (nSPS) is 14.6. The van der Waals surface area contributed by atoms with Crippen molar-refractivity contribution in [3.8, 4) is 0 Å². The Morgan fingerprint density at radius 3 is 2.46 bits per heavy atom. The first-order valence-electron chi connectivity index (χ1n) is 3.73. The van der Waals surface area contributed by atoms with E-state index in [0.29, 0.717) is 5.56 Å². The molecular formula is C9H10O4. The van der Waals surface area contributed by atoms with Crippen LogP contribution < -0.4 is 0 Å². The summed E-state index contributed by atoms with van der Waals surface area (Å²) in [6.45, 7) is -0.570. The summed E-state index contributed by atoms with van der Waals surface area (Å²) in [5.74, 6) is -1.93. The predicted molar refractivity (Wildman–Crippen MR) is 44.6 cm³/mol. The second-order valence-corrected chi connectivity index (χ2v) is 2.52. The van der Waals surface area contributed by atoms with Crippen molar-refractivity contribution in [3.63, 3.8) is 0 Å². The maximum Gasteiger partial charge on any atom is 0.295 e. The van der Waals surface area contributed by atoms with Gasteiger partial charge in [-0.3, -0.25) is 4.79 Å². The molecule has 0 aliphatic heterocycles. The van der Waals surface area contributed by atoms with E-state index in [0.717, 1.165) is 0 Å². The van der Waals surface area contributed by atoms with Crippen molar-refractivity contribution in [1.29, 1.82) is 0 Å². The molecule has 1 atom stereocenters. The fourth-order valence-electron chi connectivity index (χ4n) is 0.975. The average molecular weight is 182 g/mol. The van der Waals surface area contributed by atoms with Gasteiger partial charge in [-0.05, 0) is 0 Å². The van der Waals surface area contributed by atoms with Gasteiger partial charge in [-0.1, -0.05) is 30.3 Å². The van der Waals surface area contributed by atoms with Gasteiger partial charge >= 0.3 is 0 Å². The van der Waals surface area contributed by atoms with Gasteiger partial charge < -0.3 is 14.9 Å². The van der Waals surface area contributed by atoms with E-state index in [1.54, 1.807) is 30.3 Å². The largest absolute Gasteiger partial charge is 0.428 e. The molecule has 0 bridgehead atoms. The zero-order valence-corrected chi connectivity index (χ0v) is 6.88. The van der Waals surface area contributed by atoms with Gasteiger partial charge in [-0.15, -0.1) is 0 Å². The average Bonchev–Trinajstić information content (AvgIpc) is 2.19. The third kappa shape index (κ3) is 2.05. The summed E-state index contributed by atoms with van der Waals surface area (Å²) in [6.07, 6.45) is 0. The molecule has 0 spiro atoms. The van der Waals surface area contributed by atoms with Gasteiger partial charge in [0.1, 0.15) is 6.61 Å². The van der Waals surface area contributed by atoms with E-state index in [1.807, 2.05) is 0 Å². The Bertz CT molecular complexity index is 272. The lowest BCUT2D eigenvalue weighted by Crippen LogP contribution is -2.33. The molecule has 1 rings (SSSR count). The fraction of sp³-hybridized carbons (Fsp3) is 0.222. The number of carbonyl (C=O) groups excluding carboxylic acids is 1. The van der Waals surface area contributed by atoms with Crippen LogP contribution in [0.1, 0.15) is 5.56 Å². The molecule has 0 saturated carbocycles. The van der Waals surface area contributed by atoms with Crippen molar-refractivity contribution in [3.05, 3.63) is 35.9 Å². The van der Waals surface area contributed by atoms with Gasteiger partial charge in [0, 0.05) is 5.56 Å². The minimum atomic E-state index is -1.93. The van der Waals surface area contributed by atoms with Gasteiger partial charge in [0.25, 0.3) is 12.3 Å². The van der Waals surface area contributed by atoms with Crippen LogP contribution in [0, 0.1) is 0 Å². The van der Waals surface area contributed by atoms with Crippen LogP contribution in [0.3, 0.4) is 0 Å². The first kappa shape index (κ1) is 9.70. The van der Waals surface area contributed by atoms with E-state index in [2.05, 4.69) is 4.74 Å². The maximum atomic E-state index is 10.1. The molecule has 4 nitrogen and oxygen atoms in total. The quantitative estimate of drug-likeness (QED) is 0.508. The topological polar surface area (TPSA) is 66.8 Å². The van der Waals surface area contributed by atoms with Crippen LogP contribution >= 0.6 is 0 Å². The van der Waals surface area contributed by atoms with Crippen molar-refractivity contribution in [2.24, 2.45) is 0 Å². The molecule has 4 heteroatoms. The van der Waals surface area contributed by atoms with Gasteiger partial charge in [-0.25, -0.2) is 0 Å². The first-order valence-corrected chi connectivity index (χ1v) is 3.73. The molecule has 0 aliphatic carbocycles. The number of hydrogen-bond donors (Lipinski definition) is 2. The fourth-order valence-corrected chi connectivity index (χ4v) is 0.975. The number of hydrogen-bond acceptors (Lipinski definition) is 4. The lowest BCUT2D eigenvalue weighted by molar-refractivity contribution is -0.217. The zero-order chi connectivity index (χ0) is 9.73. The van der Waals surface area contributed by atoms with Crippen molar-refractivity contribution in [2.75, 3.05) is 6.61 Å². The number of ether oxygens (including phenoxy) is 1. The van der Waals surface area contributed by atoms with Crippen LogP contribution in [0.4, 0.5) is 0 Å². The number of carbonyl (C=O) groups is 1. The highest BCUT2D eigenvalue weighted by Gasteiger charge is 2.29. The smallest absolute Gasteiger partial charge is 0.295 e. The van der Waals surface area contributed by atoms with E-state index in [9.17, 15) is 9.90 Å². The Labute approximate surface area is 75.4 Å². The monoisotopic (exact) mass is 182 g/mol. The predicted octanol–water partition coefficient (Wildman–Crippen LogP) is -0.00300. The minimum Gasteiger partial charge on any atom is -0.428 e. The minimum absolute atomic E-state index is 0.100. The van der Waals surface area contributed by atoms with Gasteiger partial charge in [0.2, 0.25) is 0 Å². The number of benzene rings is 1. The van der Waals surface area contributed by atoms with Crippen LogP contribution in [-0.2, 0) is 15.3 Å². The van der Waals surface area contributed by atoms with Gasteiger partial charge in [-0.2, -0.15) is 0 Å². The molecule has 0 aliphatic rings. The van der Waals surface area contributed by atoms with Crippen LogP contribution in [-0.4, -0.2) is 23.3 Å². The Kier molecular flexibility index (Phi) is 3.00. The van der Waals surface area contributed by atoms with E-state index >= 15 is 0 Å². The summed E-state index contributed by atoms with van der Waals surface area (Å²) in [7, 11) is 0. The van der Waals surface area contributed by atoms with Crippen molar-refractivity contribution in [2.45, 2.75) is 5.79 Å². The highest BCUT2D eigenvalue weighted by atomic mass is 16.7. The molecule has 1 aromatic rings. The van der Waals surface area contributed by atoms with Crippen LogP contribution in [0.5, 0.6) is 0 Å².